The third-order valence-corrected chi connectivity index (χ3v) is 6.95. The fourth-order valence-electron chi connectivity index (χ4n) is 3.21. The van der Waals surface area contributed by atoms with E-state index in [4.69, 9.17) is 9.47 Å². The molecule has 0 saturated heterocycles. The molecule has 1 aromatic heterocycles. The van der Waals surface area contributed by atoms with E-state index in [1.807, 2.05) is 61.7 Å². The first kappa shape index (κ1) is 24.9. The van der Waals surface area contributed by atoms with Crippen LogP contribution in [0.1, 0.15) is 30.0 Å². The minimum atomic E-state index is -0.384. The molecule has 3 rings (SSSR count). The van der Waals surface area contributed by atoms with Crippen molar-refractivity contribution in [2.24, 2.45) is 0 Å². The highest BCUT2D eigenvalue weighted by Crippen LogP contribution is 2.31. The van der Waals surface area contributed by atoms with E-state index in [1.54, 1.807) is 13.2 Å². The summed E-state index contributed by atoms with van der Waals surface area (Å²) < 4.78 is 14.4. The smallest absolute Gasteiger partial charge is 0.234 e. The summed E-state index contributed by atoms with van der Waals surface area (Å²) in [6, 6.07) is 11.3. The topological polar surface area (TPSA) is 78.3 Å². The lowest BCUT2D eigenvalue weighted by molar-refractivity contribution is -0.113. The number of nitrogens with one attached hydrogen (secondary N) is 1. The number of allylic oxidation sites excluding steroid dienone is 1. The van der Waals surface area contributed by atoms with Gasteiger partial charge in [-0.2, -0.15) is 0 Å². The van der Waals surface area contributed by atoms with E-state index in [2.05, 4.69) is 38.0 Å². The molecule has 1 heterocycles. The van der Waals surface area contributed by atoms with Gasteiger partial charge < -0.3 is 14.8 Å². The van der Waals surface area contributed by atoms with Gasteiger partial charge in [0, 0.05) is 16.7 Å². The van der Waals surface area contributed by atoms with Crippen LogP contribution < -0.4 is 14.8 Å². The Balaban J connectivity index is 1.71. The zero-order chi connectivity index (χ0) is 24.0. The van der Waals surface area contributed by atoms with Crippen molar-refractivity contribution in [2.75, 3.05) is 18.2 Å². The van der Waals surface area contributed by atoms with Gasteiger partial charge in [-0.05, 0) is 56.2 Å². The summed E-state index contributed by atoms with van der Waals surface area (Å²) >= 11 is 4.83. The van der Waals surface area contributed by atoms with Crippen molar-refractivity contribution in [1.29, 1.82) is 0 Å². The lowest BCUT2D eigenvalue weighted by Crippen LogP contribution is -2.16. The Morgan fingerprint density at radius 1 is 1.21 bits per heavy atom. The van der Waals surface area contributed by atoms with Crippen LogP contribution in [-0.4, -0.2) is 33.5 Å². The number of anilines is 1. The molecule has 0 fully saturated rings. The number of para-hydroxylation sites is 2. The van der Waals surface area contributed by atoms with Gasteiger partial charge in [-0.25, -0.2) is 0 Å². The van der Waals surface area contributed by atoms with E-state index in [0.717, 1.165) is 21.3 Å². The number of benzene rings is 2. The molecule has 0 aliphatic rings. The second-order valence-electron chi connectivity index (χ2n) is 7.33. The average molecular weight is 531 g/mol. The van der Waals surface area contributed by atoms with Crippen LogP contribution in [0.2, 0.25) is 0 Å². The summed E-state index contributed by atoms with van der Waals surface area (Å²) in [5.41, 5.74) is 2.93. The SMILES string of the molecule is C=CCn1c(SCC(=O)Nc2ccc(Br)c(C)c2C)nnc1C(C)Oc1ccccc1OC. The molecule has 1 N–H and O–H groups in total. The van der Waals surface area contributed by atoms with Gasteiger partial charge in [-0.1, -0.05) is 45.9 Å². The molecule has 0 spiro atoms. The molecule has 0 saturated carbocycles. The summed E-state index contributed by atoms with van der Waals surface area (Å²) in [5.74, 6) is 1.99. The van der Waals surface area contributed by atoms with E-state index in [0.29, 0.717) is 29.0 Å². The summed E-state index contributed by atoms with van der Waals surface area (Å²) in [6.07, 6.45) is 1.38. The third kappa shape index (κ3) is 5.97. The Bertz CT molecular complexity index is 1150. The van der Waals surface area contributed by atoms with Crippen LogP contribution in [0.3, 0.4) is 0 Å². The highest BCUT2D eigenvalue weighted by Gasteiger charge is 2.21. The molecule has 0 aliphatic carbocycles. The Kier molecular flexibility index (Phi) is 8.57. The number of hydrogen-bond acceptors (Lipinski definition) is 6. The van der Waals surface area contributed by atoms with Crippen LogP contribution in [0.25, 0.3) is 0 Å². The first-order chi connectivity index (χ1) is 15.8. The van der Waals surface area contributed by atoms with Crippen LogP contribution >= 0.6 is 27.7 Å². The third-order valence-electron chi connectivity index (χ3n) is 5.12. The molecule has 9 heteroatoms. The molecule has 174 valence electrons. The van der Waals surface area contributed by atoms with Crippen molar-refractivity contribution in [2.45, 2.75) is 38.6 Å². The van der Waals surface area contributed by atoms with E-state index in [-0.39, 0.29) is 17.8 Å². The number of aromatic nitrogens is 3. The highest BCUT2D eigenvalue weighted by atomic mass is 79.9. The number of hydrogen-bond donors (Lipinski definition) is 1. The van der Waals surface area contributed by atoms with Crippen LogP contribution in [0.4, 0.5) is 5.69 Å². The normalized spacial score (nSPS) is 11.7. The lowest BCUT2D eigenvalue weighted by atomic mass is 10.1. The quantitative estimate of drug-likeness (QED) is 0.266. The molecule has 1 unspecified atom stereocenters. The van der Waals surface area contributed by atoms with E-state index in [9.17, 15) is 4.79 Å². The fraction of sp³-hybridized carbons (Fsp3) is 0.292. The predicted octanol–water partition coefficient (Wildman–Crippen LogP) is 5.72. The predicted molar refractivity (Wildman–Crippen MR) is 135 cm³/mol. The Morgan fingerprint density at radius 3 is 2.64 bits per heavy atom. The number of thioether (sulfide) groups is 1. The summed E-state index contributed by atoms with van der Waals surface area (Å²) in [4.78, 5) is 12.6. The van der Waals surface area contributed by atoms with Crippen molar-refractivity contribution in [3.05, 3.63) is 70.5 Å². The first-order valence-electron chi connectivity index (χ1n) is 10.4. The van der Waals surface area contributed by atoms with Crippen molar-refractivity contribution < 1.29 is 14.3 Å². The van der Waals surface area contributed by atoms with Crippen molar-refractivity contribution in [3.63, 3.8) is 0 Å². The molecular formula is C24H27BrN4O3S. The number of halogens is 1. The molecule has 33 heavy (non-hydrogen) atoms. The van der Waals surface area contributed by atoms with Gasteiger partial charge in [-0.3, -0.25) is 9.36 Å². The number of methoxy groups -OCH3 is 1. The second-order valence-corrected chi connectivity index (χ2v) is 9.13. The summed E-state index contributed by atoms with van der Waals surface area (Å²) in [6.45, 7) is 10.2. The minimum Gasteiger partial charge on any atom is -0.493 e. The lowest BCUT2D eigenvalue weighted by Gasteiger charge is -2.17. The molecule has 1 atom stereocenters. The van der Waals surface area contributed by atoms with Crippen LogP contribution in [0.15, 0.2) is 58.7 Å². The molecule has 0 bridgehead atoms. The van der Waals surface area contributed by atoms with E-state index in [1.165, 1.54) is 11.8 Å². The first-order valence-corrected chi connectivity index (χ1v) is 12.2. The van der Waals surface area contributed by atoms with E-state index >= 15 is 0 Å². The highest BCUT2D eigenvalue weighted by molar-refractivity contribution is 9.10. The maximum atomic E-state index is 12.6. The number of rotatable bonds is 10. The largest absolute Gasteiger partial charge is 0.493 e. The molecular weight excluding hydrogens is 504 g/mol. The number of carbonyl (C=O) groups is 1. The van der Waals surface area contributed by atoms with Crippen molar-refractivity contribution >= 4 is 39.3 Å². The van der Waals surface area contributed by atoms with Gasteiger partial charge >= 0.3 is 0 Å². The van der Waals surface area contributed by atoms with Crippen LogP contribution in [0, 0.1) is 13.8 Å². The van der Waals surface area contributed by atoms with Gasteiger partial charge in [0.15, 0.2) is 28.6 Å². The van der Waals surface area contributed by atoms with Gasteiger partial charge in [0.2, 0.25) is 5.91 Å². The van der Waals surface area contributed by atoms with Crippen molar-refractivity contribution in [3.8, 4) is 11.5 Å². The standard InChI is InChI=1S/C24H27BrN4O3S/c1-6-13-29-23(17(4)32-21-10-8-7-9-20(21)31-5)27-28-24(29)33-14-22(30)26-19-12-11-18(25)15(2)16(19)3/h6-12,17H,1,13-14H2,2-5H3,(H,26,30). The molecule has 0 aliphatic heterocycles. The number of ether oxygens (including phenoxy) is 2. The molecule has 1 amide bonds. The van der Waals surface area contributed by atoms with Crippen molar-refractivity contribution in [1.82, 2.24) is 14.8 Å². The van der Waals surface area contributed by atoms with Gasteiger partial charge in [0.25, 0.3) is 0 Å². The molecule has 7 nitrogen and oxygen atoms in total. The molecule has 3 aromatic rings. The zero-order valence-corrected chi connectivity index (χ0v) is 21.5. The number of nitrogens with zero attached hydrogens (tertiary/aromatic N) is 3. The average Bonchev–Trinajstić information content (AvgIpc) is 3.21. The number of carbonyl (C=O) groups excluding carboxylic acids is 1. The van der Waals surface area contributed by atoms with Crippen LogP contribution in [0.5, 0.6) is 11.5 Å². The minimum absolute atomic E-state index is 0.113. The Hall–Kier alpha value is -2.78. The van der Waals surface area contributed by atoms with Crippen LogP contribution in [-0.2, 0) is 11.3 Å². The Morgan fingerprint density at radius 2 is 1.94 bits per heavy atom. The second kappa shape index (κ2) is 11.4. The zero-order valence-electron chi connectivity index (χ0n) is 19.1. The number of amides is 1. The monoisotopic (exact) mass is 530 g/mol. The molecule has 2 aromatic carbocycles. The fourth-order valence-corrected chi connectivity index (χ4v) is 4.39. The maximum absolute atomic E-state index is 12.6. The molecule has 0 radical (unpaired) electrons. The van der Waals surface area contributed by atoms with E-state index < -0.39 is 0 Å². The Labute approximate surface area is 206 Å². The van der Waals surface area contributed by atoms with Gasteiger partial charge in [0.05, 0.1) is 12.9 Å². The van der Waals surface area contributed by atoms with Gasteiger partial charge in [-0.15, -0.1) is 16.8 Å². The summed E-state index contributed by atoms with van der Waals surface area (Å²) in [7, 11) is 1.60. The van der Waals surface area contributed by atoms with Gasteiger partial charge in [0.1, 0.15) is 0 Å². The summed E-state index contributed by atoms with van der Waals surface area (Å²) in [5, 5.41) is 12.2. The maximum Gasteiger partial charge on any atom is 0.234 e.